The molecule has 1 aliphatic heterocycles. The van der Waals surface area contributed by atoms with E-state index >= 15 is 0 Å². The van der Waals surface area contributed by atoms with Gasteiger partial charge in [0.2, 0.25) is 0 Å². The number of piperidine rings is 1. The van der Waals surface area contributed by atoms with Crippen molar-refractivity contribution in [2.75, 3.05) is 18.0 Å². The van der Waals surface area contributed by atoms with E-state index in [2.05, 4.69) is 18.8 Å². The van der Waals surface area contributed by atoms with Crippen LogP contribution in [0, 0.1) is 17.7 Å². The third-order valence-corrected chi connectivity index (χ3v) is 4.02. The first-order valence-electron chi connectivity index (χ1n) is 6.07. The topological polar surface area (TPSA) is 16.1 Å². The van der Waals surface area contributed by atoms with Gasteiger partial charge in [0.15, 0.2) is 11.6 Å². The quantitative estimate of drug-likeness (QED) is 0.754. The van der Waals surface area contributed by atoms with Crippen LogP contribution >= 0.6 is 11.6 Å². The number of hydrogen-bond acceptors (Lipinski definition) is 2. The van der Waals surface area contributed by atoms with Gasteiger partial charge in [-0.1, -0.05) is 13.8 Å². The van der Waals surface area contributed by atoms with Crippen LogP contribution in [0.3, 0.4) is 0 Å². The third kappa shape index (κ3) is 2.54. The Bertz CT molecular complexity index is 397. The summed E-state index contributed by atoms with van der Waals surface area (Å²) in [6.07, 6.45) is 2.73. The van der Waals surface area contributed by atoms with Crippen molar-refractivity contribution >= 4 is 17.4 Å². The van der Waals surface area contributed by atoms with Gasteiger partial charge in [-0.3, -0.25) is 0 Å². The van der Waals surface area contributed by atoms with Crippen LogP contribution in [-0.4, -0.2) is 18.1 Å². The molecule has 0 aromatic carbocycles. The monoisotopic (exact) mass is 256 g/mol. The zero-order chi connectivity index (χ0) is 12.4. The highest BCUT2D eigenvalue weighted by atomic mass is 35.5. The molecule has 2 heterocycles. The van der Waals surface area contributed by atoms with Crippen molar-refractivity contribution in [1.29, 1.82) is 0 Å². The molecule has 1 aromatic rings. The van der Waals surface area contributed by atoms with E-state index in [-0.39, 0.29) is 11.7 Å². The van der Waals surface area contributed by atoms with Crippen molar-refractivity contribution in [3.63, 3.8) is 0 Å². The van der Waals surface area contributed by atoms with Gasteiger partial charge in [0.1, 0.15) is 0 Å². The lowest BCUT2D eigenvalue weighted by molar-refractivity contribution is 0.321. The number of pyridine rings is 1. The molecule has 94 valence electrons. The average molecular weight is 257 g/mol. The Morgan fingerprint density at radius 2 is 2.24 bits per heavy atom. The van der Waals surface area contributed by atoms with Crippen LogP contribution < -0.4 is 4.90 Å². The van der Waals surface area contributed by atoms with Crippen molar-refractivity contribution in [2.24, 2.45) is 11.8 Å². The molecule has 0 amide bonds. The van der Waals surface area contributed by atoms with Crippen LogP contribution in [0.5, 0.6) is 0 Å². The summed E-state index contributed by atoms with van der Waals surface area (Å²) < 4.78 is 14.1. The molecule has 2 atom stereocenters. The van der Waals surface area contributed by atoms with Gasteiger partial charge < -0.3 is 4.90 Å². The zero-order valence-corrected chi connectivity index (χ0v) is 11.0. The maximum absolute atomic E-state index is 14.1. The number of halogens is 2. The standard InChI is InChI=1S/C13H18ClFN2/c1-9-4-6-17(8-10(9)2)13-12(15)11(7-14)3-5-16-13/h3,5,9-10H,4,6-8H2,1-2H3. The maximum Gasteiger partial charge on any atom is 0.170 e. The molecular formula is C13H18ClFN2. The van der Waals surface area contributed by atoms with Crippen LogP contribution in [-0.2, 0) is 5.88 Å². The minimum atomic E-state index is -0.260. The first kappa shape index (κ1) is 12.6. The van der Waals surface area contributed by atoms with E-state index in [4.69, 9.17) is 11.6 Å². The van der Waals surface area contributed by atoms with Crippen LogP contribution in [0.2, 0.25) is 0 Å². The fraction of sp³-hybridized carbons (Fsp3) is 0.615. The summed E-state index contributed by atoms with van der Waals surface area (Å²) in [4.78, 5) is 6.20. The second-order valence-electron chi connectivity index (χ2n) is 4.93. The van der Waals surface area contributed by atoms with Gasteiger partial charge >= 0.3 is 0 Å². The summed E-state index contributed by atoms with van der Waals surface area (Å²) in [5.41, 5.74) is 0.531. The van der Waals surface area contributed by atoms with Crippen LogP contribution in [0.1, 0.15) is 25.8 Å². The van der Waals surface area contributed by atoms with Crippen LogP contribution in [0.25, 0.3) is 0 Å². The molecule has 0 bridgehead atoms. The first-order chi connectivity index (χ1) is 8.13. The van der Waals surface area contributed by atoms with Gasteiger partial charge in [-0.2, -0.15) is 0 Å². The molecule has 0 N–H and O–H groups in total. The van der Waals surface area contributed by atoms with Gasteiger partial charge in [0.05, 0.1) is 5.88 Å². The highest BCUT2D eigenvalue weighted by Crippen LogP contribution is 2.28. The van der Waals surface area contributed by atoms with Gasteiger partial charge in [-0.25, -0.2) is 9.37 Å². The lowest BCUT2D eigenvalue weighted by Gasteiger charge is -2.36. The number of rotatable bonds is 2. The van der Waals surface area contributed by atoms with Gasteiger partial charge in [-0.05, 0) is 24.3 Å². The smallest absolute Gasteiger partial charge is 0.170 e. The Hall–Kier alpha value is -0.830. The van der Waals surface area contributed by atoms with Crippen molar-refractivity contribution in [2.45, 2.75) is 26.1 Å². The van der Waals surface area contributed by atoms with Crippen molar-refractivity contribution in [3.05, 3.63) is 23.6 Å². The first-order valence-corrected chi connectivity index (χ1v) is 6.61. The normalized spacial score (nSPS) is 25.1. The number of anilines is 1. The summed E-state index contributed by atoms with van der Waals surface area (Å²) in [7, 11) is 0. The summed E-state index contributed by atoms with van der Waals surface area (Å²) in [5.74, 6) is 1.67. The Morgan fingerprint density at radius 1 is 1.47 bits per heavy atom. The molecule has 1 saturated heterocycles. The summed E-state index contributed by atoms with van der Waals surface area (Å²) in [6.45, 7) is 6.21. The van der Waals surface area contributed by atoms with Crippen LogP contribution in [0.15, 0.2) is 12.3 Å². The molecule has 1 fully saturated rings. The molecule has 0 radical (unpaired) electrons. The molecule has 1 aliphatic rings. The lowest BCUT2D eigenvalue weighted by Crippen LogP contribution is -2.39. The van der Waals surface area contributed by atoms with E-state index in [1.54, 1.807) is 12.3 Å². The molecule has 2 rings (SSSR count). The minimum absolute atomic E-state index is 0.196. The molecule has 0 aliphatic carbocycles. The predicted octanol–water partition coefficient (Wildman–Crippen LogP) is 3.44. The highest BCUT2D eigenvalue weighted by Gasteiger charge is 2.25. The van der Waals surface area contributed by atoms with E-state index in [0.29, 0.717) is 23.2 Å². The predicted molar refractivity (Wildman–Crippen MR) is 68.9 cm³/mol. The van der Waals surface area contributed by atoms with Crippen molar-refractivity contribution in [1.82, 2.24) is 4.98 Å². The molecule has 2 unspecified atom stereocenters. The van der Waals surface area contributed by atoms with E-state index in [1.807, 2.05) is 4.90 Å². The molecule has 17 heavy (non-hydrogen) atoms. The van der Waals surface area contributed by atoms with E-state index < -0.39 is 0 Å². The Kier molecular flexibility index (Phi) is 3.87. The molecular weight excluding hydrogens is 239 g/mol. The molecule has 0 spiro atoms. The van der Waals surface area contributed by atoms with E-state index in [9.17, 15) is 4.39 Å². The van der Waals surface area contributed by atoms with Gasteiger partial charge in [-0.15, -0.1) is 11.6 Å². The van der Waals surface area contributed by atoms with Crippen molar-refractivity contribution in [3.8, 4) is 0 Å². The molecule has 0 saturated carbocycles. The van der Waals surface area contributed by atoms with Gasteiger partial charge in [0.25, 0.3) is 0 Å². The average Bonchev–Trinajstić information content (AvgIpc) is 2.33. The Balaban J connectivity index is 2.23. The fourth-order valence-corrected chi connectivity index (χ4v) is 2.46. The largest absolute Gasteiger partial charge is 0.354 e. The number of nitrogens with zero attached hydrogens (tertiary/aromatic N) is 2. The summed E-state index contributed by atoms with van der Waals surface area (Å²) >= 11 is 5.71. The number of aromatic nitrogens is 1. The lowest BCUT2D eigenvalue weighted by atomic mass is 9.89. The minimum Gasteiger partial charge on any atom is -0.354 e. The van der Waals surface area contributed by atoms with Crippen molar-refractivity contribution < 1.29 is 4.39 Å². The number of alkyl halides is 1. The number of hydrogen-bond donors (Lipinski definition) is 0. The van der Waals surface area contributed by atoms with Crippen LogP contribution in [0.4, 0.5) is 10.2 Å². The van der Waals surface area contributed by atoms with E-state index in [0.717, 1.165) is 19.5 Å². The molecule has 2 nitrogen and oxygen atoms in total. The van der Waals surface area contributed by atoms with Gasteiger partial charge in [0, 0.05) is 24.8 Å². The molecule has 1 aromatic heterocycles. The third-order valence-electron chi connectivity index (χ3n) is 3.73. The Morgan fingerprint density at radius 3 is 2.88 bits per heavy atom. The zero-order valence-electron chi connectivity index (χ0n) is 10.3. The summed E-state index contributed by atoms with van der Waals surface area (Å²) in [6, 6.07) is 1.64. The fourth-order valence-electron chi connectivity index (χ4n) is 2.25. The molecule has 4 heteroatoms. The maximum atomic E-state index is 14.1. The Labute approximate surface area is 107 Å². The second kappa shape index (κ2) is 5.21. The van der Waals surface area contributed by atoms with E-state index in [1.165, 1.54) is 0 Å². The summed E-state index contributed by atoms with van der Waals surface area (Å²) in [5, 5.41) is 0. The second-order valence-corrected chi connectivity index (χ2v) is 5.20. The highest BCUT2D eigenvalue weighted by molar-refractivity contribution is 6.17. The SMILES string of the molecule is CC1CCN(c2nccc(CCl)c2F)CC1C.